The standard InChI is InChI=1S/C23H27N3O3/c1-17-4-3-5-18(16-17)24-21(27)23(10-11-23)22(28)26-14-12-25(13-15-26)19-6-8-20(29-2)9-7-19/h3-9,16H,10-15H2,1-2H3,(H,24,27). The van der Waals surface area contributed by atoms with Crippen LogP contribution in [0.1, 0.15) is 18.4 Å². The van der Waals surface area contributed by atoms with E-state index in [1.54, 1.807) is 7.11 Å². The number of nitrogens with zero attached hydrogens (tertiary/aromatic N) is 2. The third-order valence-electron chi connectivity index (χ3n) is 5.87. The Bertz CT molecular complexity index is 898. The molecule has 0 atom stereocenters. The molecule has 0 aromatic heterocycles. The molecule has 1 saturated carbocycles. The summed E-state index contributed by atoms with van der Waals surface area (Å²) >= 11 is 0. The van der Waals surface area contributed by atoms with Crippen LogP contribution in [-0.4, -0.2) is 50.0 Å². The van der Waals surface area contributed by atoms with Gasteiger partial charge in [0, 0.05) is 37.6 Å². The summed E-state index contributed by atoms with van der Waals surface area (Å²) in [6, 6.07) is 15.6. The van der Waals surface area contributed by atoms with Crippen LogP contribution in [-0.2, 0) is 9.59 Å². The number of piperazine rings is 1. The minimum atomic E-state index is -0.883. The lowest BCUT2D eigenvalue weighted by Gasteiger charge is -2.37. The van der Waals surface area contributed by atoms with E-state index >= 15 is 0 Å². The van der Waals surface area contributed by atoms with Crippen molar-refractivity contribution < 1.29 is 14.3 Å². The Balaban J connectivity index is 1.36. The molecule has 6 nitrogen and oxygen atoms in total. The van der Waals surface area contributed by atoms with Crippen molar-refractivity contribution in [2.75, 3.05) is 43.5 Å². The van der Waals surface area contributed by atoms with E-state index in [9.17, 15) is 9.59 Å². The smallest absolute Gasteiger partial charge is 0.240 e. The summed E-state index contributed by atoms with van der Waals surface area (Å²) in [6.45, 7) is 4.76. The Morgan fingerprint density at radius 2 is 1.69 bits per heavy atom. The van der Waals surface area contributed by atoms with Crippen LogP contribution >= 0.6 is 0 Å². The first kappa shape index (κ1) is 19.3. The second-order valence-electron chi connectivity index (χ2n) is 7.88. The number of nitrogens with one attached hydrogen (secondary N) is 1. The van der Waals surface area contributed by atoms with Gasteiger partial charge in [-0.1, -0.05) is 12.1 Å². The van der Waals surface area contributed by atoms with Gasteiger partial charge in [0.15, 0.2) is 0 Å². The lowest BCUT2D eigenvalue weighted by molar-refractivity contribution is -0.142. The average Bonchev–Trinajstić information content (AvgIpc) is 3.56. The number of aryl methyl sites for hydroxylation is 1. The van der Waals surface area contributed by atoms with Crippen molar-refractivity contribution in [2.24, 2.45) is 5.41 Å². The SMILES string of the molecule is COc1ccc(N2CCN(C(=O)C3(C(=O)Nc4cccc(C)c4)CC3)CC2)cc1. The first-order valence-electron chi connectivity index (χ1n) is 10.1. The fourth-order valence-electron chi connectivity index (χ4n) is 3.90. The molecule has 1 N–H and O–H groups in total. The number of rotatable bonds is 5. The van der Waals surface area contributed by atoms with Gasteiger partial charge >= 0.3 is 0 Å². The molecule has 1 heterocycles. The largest absolute Gasteiger partial charge is 0.497 e. The molecule has 1 aliphatic heterocycles. The number of anilines is 2. The molecule has 0 spiro atoms. The molecule has 6 heteroatoms. The van der Waals surface area contributed by atoms with Crippen LogP contribution in [0.2, 0.25) is 0 Å². The van der Waals surface area contributed by atoms with Crippen LogP contribution in [0.25, 0.3) is 0 Å². The Morgan fingerprint density at radius 3 is 2.28 bits per heavy atom. The van der Waals surface area contributed by atoms with Crippen molar-refractivity contribution in [3.05, 3.63) is 54.1 Å². The molecule has 152 valence electrons. The number of carbonyl (C=O) groups is 2. The molecule has 2 fully saturated rings. The summed E-state index contributed by atoms with van der Waals surface area (Å²) < 4.78 is 5.21. The van der Waals surface area contributed by atoms with E-state index in [1.807, 2.05) is 60.4 Å². The first-order chi connectivity index (χ1) is 14.0. The van der Waals surface area contributed by atoms with Crippen molar-refractivity contribution in [2.45, 2.75) is 19.8 Å². The highest BCUT2D eigenvalue weighted by Crippen LogP contribution is 2.48. The highest BCUT2D eigenvalue weighted by atomic mass is 16.5. The zero-order valence-corrected chi connectivity index (χ0v) is 17.0. The maximum absolute atomic E-state index is 13.1. The van der Waals surface area contributed by atoms with E-state index in [-0.39, 0.29) is 11.8 Å². The first-order valence-corrected chi connectivity index (χ1v) is 10.1. The van der Waals surface area contributed by atoms with Gasteiger partial charge in [0.25, 0.3) is 0 Å². The van der Waals surface area contributed by atoms with Crippen molar-refractivity contribution in [3.8, 4) is 5.75 Å². The molecule has 4 rings (SSSR count). The van der Waals surface area contributed by atoms with Gasteiger partial charge < -0.3 is 19.9 Å². The molecule has 2 aromatic carbocycles. The predicted molar refractivity (Wildman–Crippen MR) is 113 cm³/mol. The molecule has 1 aliphatic carbocycles. The van der Waals surface area contributed by atoms with Crippen molar-refractivity contribution in [1.29, 1.82) is 0 Å². The molecular formula is C23H27N3O3. The summed E-state index contributed by atoms with van der Waals surface area (Å²) in [5.41, 5.74) is 2.06. The highest BCUT2D eigenvalue weighted by Gasteiger charge is 2.58. The maximum atomic E-state index is 13.1. The normalized spacial score (nSPS) is 17.6. The number of hydrogen-bond donors (Lipinski definition) is 1. The van der Waals surface area contributed by atoms with E-state index in [2.05, 4.69) is 10.2 Å². The van der Waals surface area contributed by atoms with Crippen LogP contribution < -0.4 is 15.0 Å². The lowest BCUT2D eigenvalue weighted by atomic mass is 10.0. The topological polar surface area (TPSA) is 61.9 Å². The molecule has 0 unspecified atom stereocenters. The van der Waals surface area contributed by atoms with Crippen molar-refractivity contribution >= 4 is 23.2 Å². The quantitative estimate of drug-likeness (QED) is 0.793. The molecule has 0 radical (unpaired) electrons. The fourth-order valence-corrected chi connectivity index (χ4v) is 3.90. The zero-order chi connectivity index (χ0) is 20.4. The maximum Gasteiger partial charge on any atom is 0.240 e. The molecule has 2 amide bonds. The van der Waals surface area contributed by atoms with Gasteiger partial charge in [-0.15, -0.1) is 0 Å². The Kier molecular flexibility index (Phi) is 5.18. The number of benzene rings is 2. The second kappa shape index (κ2) is 7.78. The minimum Gasteiger partial charge on any atom is -0.497 e. The van der Waals surface area contributed by atoms with Crippen LogP contribution in [0.3, 0.4) is 0 Å². The Morgan fingerprint density at radius 1 is 1.00 bits per heavy atom. The van der Waals surface area contributed by atoms with E-state index < -0.39 is 5.41 Å². The highest BCUT2D eigenvalue weighted by molar-refractivity contribution is 6.13. The average molecular weight is 393 g/mol. The van der Waals surface area contributed by atoms with E-state index in [1.165, 1.54) is 0 Å². The van der Waals surface area contributed by atoms with Crippen LogP contribution in [0.5, 0.6) is 5.75 Å². The molecule has 0 bridgehead atoms. The number of ether oxygens (including phenoxy) is 1. The molecule has 2 aliphatic rings. The van der Waals surface area contributed by atoms with Gasteiger partial charge in [0.05, 0.1) is 7.11 Å². The summed E-state index contributed by atoms with van der Waals surface area (Å²) in [6.07, 6.45) is 1.25. The Labute approximate surface area is 171 Å². The van der Waals surface area contributed by atoms with Crippen LogP contribution in [0.4, 0.5) is 11.4 Å². The summed E-state index contributed by atoms with van der Waals surface area (Å²) in [5, 5.41) is 2.94. The second-order valence-corrected chi connectivity index (χ2v) is 7.88. The summed E-state index contributed by atoms with van der Waals surface area (Å²) in [4.78, 5) is 30.1. The van der Waals surface area contributed by atoms with Gasteiger partial charge in [-0.25, -0.2) is 0 Å². The van der Waals surface area contributed by atoms with Crippen LogP contribution in [0, 0.1) is 12.3 Å². The van der Waals surface area contributed by atoms with Gasteiger partial charge in [-0.2, -0.15) is 0 Å². The van der Waals surface area contributed by atoms with E-state index in [4.69, 9.17) is 4.74 Å². The number of hydrogen-bond acceptors (Lipinski definition) is 4. The summed E-state index contributed by atoms with van der Waals surface area (Å²) in [7, 11) is 1.65. The van der Waals surface area contributed by atoms with Crippen molar-refractivity contribution in [3.63, 3.8) is 0 Å². The number of carbonyl (C=O) groups excluding carboxylic acids is 2. The molecule has 29 heavy (non-hydrogen) atoms. The third-order valence-corrected chi connectivity index (χ3v) is 5.87. The van der Waals surface area contributed by atoms with Gasteiger partial charge in [-0.3, -0.25) is 9.59 Å². The minimum absolute atomic E-state index is 0.0305. The molecular weight excluding hydrogens is 366 g/mol. The fraction of sp³-hybridized carbons (Fsp3) is 0.391. The van der Waals surface area contributed by atoms with Gasteiger partial charge in [0.2, 0.25) is 11.8 Å². The Hall–Kier alpha value is -3.02. The van der Waals surface area contributed by atoms with Crippen molar-refractivity contribution in [1.82, 2.24) is 4.90 Å². The molecule has 2 aromatic rings. The van der Waals surface area contributed by atoms with Crippen LogP contribution in [0.15, 0.2) is 48.5 Å². The monoisotopic (exact) mass is 393 g/mol. The molecule has 1 saturated heterocycles. The lowest BCUT2D eigenvalue weighted by Crippen LogP contribution is -2.52. The predicted octanol–water partition coefficient (Wildman–Crippen LogP) is 3.07. The summed E-state index contributed by atoms with van der Waals surface area (Å²) in [5.74, 6) is 0.626. The van der Waals surface area contributed by atoms with E-state index in [0.717, 1.165) is 35.8 Å². The van der Waals surface area contributed by atoms with E-state index in [0.29, 0.717) is 25.9 Å². The van der Waals surface area contributed by atoms with Gasteiger partial charge in [-0.05, 0) is 61.7 Å². The third kappa shape index (κ3) is 3.92. The zero-order valence-electron chi connectivity index (χ0n) is 17.0. The number of amides is 2. The van der Waals surface area contributed by atoms with Gasteiger partial charge in [0.1, 0.15) is 11.2 Å². The number of methoxy groups -OCH3 is 1.